The van der Waals surface area contributed by atoms with Gasteiger partial charge in [0.05, 0.1) is 6.04 Å². The van der Waals surface area contributed by atoms with E-state index in [2.05, 4.69) is 54.3 Å². The SMILES string of the molecule is CCC1CCN(C(c2ccccc2)c2ccc(Cl)cc2)CC1. The molecule has 1 fully saturated rings. The van der Waals surface area contributed by atoms with Crippen LogP contribution in [0.3, 0.4) is 0 Å². The molecule has 0 radical (unpaired) electrons. The maximum absolute atomic E-state index is 6.07. The van der Waals surface area contributed by atoms with Crippen molar-refractivity contribution in [3.63, 3.8) is 0 Å². The Hall–Kier alpha value is -1.31. The zero-order valence-electron chi connectivity index (χ0n) is 13.2. The van der Waals surface area contributed by atoms with Gasteiger partial charge in [0.25, 0.3) is 0 Å². The highest BCUT2D eigenvalue weighted by molar-refractivity contribution is 6.30. The first kappa shape index (κ1) is 15.6. The Morgan fingerprint density at radius 3 is 2.14 bits per heavy atom. The smallest absolute Gasteiger partial charge is 0.0601 e. The van der Waals surface area contributed by atoms with Crippen LogP contribution in [0.4, 0.5) is 0 Å². The average molecular weight is 314 g/mol. The fourth-order valence-electron chi connectivity index (χ4n) is 3.51. The molecule has 0 saturated carbocycles. The van der Waals surface area contributed by atoms with Crippen molar-refractivity contribution in [1.82, 2.24) is 4.90 Å². The van der Waals surface area contributed by atoms with E-state index in [9.17, 15) is 0 Å². The van der Waals surface area contributed by atoms with E-state index in [1.165, 1.54) is 43.5 Å². The van der Waals surface area contributed by atoms with E-state index >= 15 is 0 Å². The first-order valence-corrected chi connectivity index (χ1v) is 8.70. The number of rotatable bonds is 4. The van der Waals surface area contributed by atoms with E-state index in [0.717, 1.165) is 10.9 Å². The lowest BCUT2D eigenvalue weighted by Crippen LogP contribution is -2.37. The molecule has 22 heavy (non-hydrogen) atoms. The van der Waals surface area contributed by atoms with E-state index in [1.54, 1.807) is 0 Å². The highest BCUT2D eigenvalue weighted by Gasteiger charge is 2.26. The molecular formula is C20H24ClN. The van der Waals surface area contributed by atoms with Gasteiger partial charge < -0.3 is 0 Å². The summed E-state index contributed by atoms with van der Waals surface area (Å²) in [5, 5.41) is 0.806. The fraction of sp³-hybridized carbons (Fsp3) is 0.400. The van der Waals surface area contributed by atoms with Gasteiger partial charge >= 0.3 is 0 Å². The lowest BCUT2D eigenvalue weighted by molar-refractivity contribution is 0.149. The van der Waals surface area contributed by atoms with Crippen LogP contribution >= 0.6 is 11.6 Å². The minimum Gasteiger partial charge on any atom is -0.292 e. The second-order valence-corrected chi connectivity index (χ2v) is 6.69. The maximum atomic E-state index is 6.07. The summed E-state index contributed by atoms with van der Waals surface area (Å²) in [7, 11) is 0. The van der Waals surface area contributed by atoms with E-state index in [4.69, 9.17) is 11.6 Å². The largest absolute Gasteiger partial charge is 0.292 e. The third-order valence-electron chi connectivity index (χ3n) is 4.89. The molecular weight excluding hydrogens is 290 g/mol. The number of benzene rings is 2. The molecule has 0 spiro atoms. The van der Waals surface area contributed by atoms with Gasteiger partial charge in [-0.15, -0.1) is 0 Å². The Morgan fingerprint density at radius 2 is 1.55 bits per heavy atom. The van der Waals surface area contributed by atoms with Gasteiger partial charge in [0.1, 0.15) is 0 Å². The molecule has 2 heteroatoms. The minimum absolute atomic E-state index is 0.344. The summed E-state index contributed by atoms with van der Waals surface area (Å²) >= 11 is 6.07. The van der Waals surface area contributed by atoms with Crippen LogP contribution in [-0.2, 0) is 0 Å². The van der Waals surface area contributed by atoms with Crippen molar-refractivity contribution in [3.05, 3.63) is 70.7 Å². The summed E-state index contributed by atoms with van der Waals surface area (Å²) in [5.41, 5.74) is 2.71. The zero-order chi connectivity index (χ0) is 15.4. The first-order chi connectivity index (χ1) is 10.8. The van der Waals surface area contributed by atoms with Gasteiger partial charge in [-0.3, -0.25) is 4.90 Å². The summed E-state index contributed by atoms with van der Waals surface area (Å²) in [4.78, 5) is 2.63. The average Bonchev–Trinajstić information content (AvgIpc) is 2.58. The van der Waals surface area contributed by atoms with Crippen LogP contribution in [0.15, 0.2) is 54.6 Å². The van der Waals surface area contributed by atoms with Gasteiger partial charge in [-0.25, -0.2) is 0 Å². The van der Waals surface area contributed by atoms with E-state index in [1.807, 2.05) is 12.1 Å². The number of piperidine rings is 1. The molecule has 2 aromatic rings. The van der Waals surface area contributed by atoms with Crippen molar-refractivity contribution >= 4 is 11.6 Å². The predicted molar refractivity (Wildman–Crippen MR) is 94.3 cm³/mol. The van der Waals surface area contributed by atoms with Crippen LogP contribution in [0.5, 0.6) is 0 Å². The molecule has 1 saturated heterocycles. The lowest BCUT2D eigenvalue weighted by atomic mass is 9.90. The van der Waals surface area contributed by atoms with Crippen LogP contribution in [0.2, 0.25) is 5.02 Å². The molecule has 0 aliphatic carbocycles. The van der Waals surface area contributed by atoms with Gasteiger partial charge in [0.15, 0.2) is 0 Å². The topological polar surface area (TPSA) is 3.24 Å². The molecule has 1 heterocycles. The molecule has 1 aliphatic rings. The van der Waals surface area contributed by atoms with Crippen LogP contribution in [0, 0.1) is 5.92 Å². The third-order valence-corrected chi connectivity index (χ3v) is 5.14. The Morgan fingerprint density at radius 1 is 0.955 bits per heavy atom. The molecule has 0 amide bonds. The Kier molecular flexibility index (Phi) is 5.17. The number of nitrogens with zero attached hydrogens (tertiary/aromatic N) is 1. The summed E-state index contributed by atoms with van der Waals surface area (Å²) in [5.74, 6) is 0.901. The first-order valence-electron chi connectivity index (χ1n) is 8.32. The van der Waals surface area contributed by atoms with Crippen molar-refractivity contribution in [2.75, 3.05) is 13.1 Å². The van der Waals surface area contributed by atoms with Crippen LogP contribution < -0.4 is 0 Å². The van der Waals surface area contributed by atoms with Crippen LogP contribution in [0.25, 0.3) is 0 Å². The Balaban J connectivity index is 1.88. The van der Waals surface area contributed by atoms with Crippen molar-refractivity contribution in [2.45, 2.75) is 32.2 Å². The normalized spacial score (nSPS) is 18.3. The Bertz CT molecular complexity index is 570. The molecule has 1 nitrogen and oxygen atoms in total. The van der Waals surface area contributed by atoms with E-state index in [-0.39, 0.29) is 0 Å². The quantitative estimate of drug-likeness (QED) is 0.715. The van der Waals surface area contributed by atoms with Gasteiger partial charge in [-0.2, -0.15) is 0 Å². The molecule has 1 aliphatic heterocycles. The van der Waals surface area contributed by atoms with Gasteiger partial charge in [-0.05, 0) is 55.1 Å². The van der Waals surface area contributed by atoms with Crippen molar-refractivity contribution in [1.29, 1.82) is 0 Å². The van der Waals surface area contributed by atoms with Crippen molar-refractivity contribution in [3.8, 4) is 0 Å². The minimum atomic E-state index is 0.344. The zero-order valence-corrected chi connectivity index (χ0v) is 14.0. The maximum Gasteiger partial charge on any atom is 0.0601 e. The molecule has 0 aromatic heterocycles. The second kappa shape index (κ2) is 7.30. The predicted octanol–water partition coefficient (Wildman–Crippen LogP) is 5.55. The second-order valence-electron chi connectivity index (χ2n) is 6.25. The lowest BCUT2D eigenvalue weighted by Gasteiger charge is -2.38. The third kappa shape index (κ3) is 3.53. The molecule has 2 aromatic carbocycles. The monoisotopic (exact) mass is 313 g/mol. The molecule has 1 unspecified atom stereocenters. The molecule has 116 valence electrons. The molecule has 1 atom stereocenters. The number of likely N-dealkylation sites (tertiary alicyclic amines) is 1. The highest BCUT2D eigenvalue weighted by atomic mass is 35.5. The van der Waals surface area contributed by atoms with Gasteiger partial charge in [-0.1, -0.05) is 67.4 Å². The number of hydrogen-bond donors (Lipinski definition) is 0. The molecule has 0 bridgehead atoms. The van der Waals surface area contributed by atoms with Gasteiger partial charge in [0.2, 0.25) is 0 Å². The van der Waals surface area contributed by atoms with Gasteiger partial charge in [0, 0.05) is 5.02 Å². The molecule has 3 rings (SSSR count). The van der Waals surface area contributed by atoms with E-state index < -0.39 is 0 Å². The van der Waals surface area contributed by atoms with Crippen LogP contribution in [-0.4, -0.2) is 18.0 Å². The molecule has 0 N–H and O–H groups in total. The summed E-state index contributed by atoms with van der Waals surface area (Å²) < 4.78 is 0. The Labute approximate surface area is 138 Å². The van der Waals surface area contributed by atoms with Crippen molar-refractivity contribution in [2.24, 2.45) is 5.92 Å². The summed E-state index contributed by atoms with van der Waals surface area (Å²) in [6.45, 7) is 4.68. The highest BCUT2D eigenvalue weighted by Crippen LogP contribution is 2.33. The summed E-state index contributed by atoms with van der Waals surface area (Å²) in [6, 6.07) is 19.5. The number of halogens is 1. The summed E-state index contributed by atoms with van der Waals surface area (Å²) in [6.07, 6.45) is 3.94. The fourth-order valence-corrected chi connectivity index (χ4v) is 3.64. The van der Waals surface area contributed by atoms with Crippen LogP contribution in [0.1, 0.15) is 43.4 Å². The van der Waals surface area contributed by atoms with Crippen molar-refractivity contribution < 1.29 is 0 Å². The van der Waals surface area contributed by atoms with E-state index in [0.29, 0.717) is 6.04 Å². The standard InChI is InChI=1S/C20H24ClN/c1-2-16-12-14-22(15-13-16)20(17-6-4-3-5-7-17)18-8-10-19(21)11-9-18/h3-11,16,20H,2,12-15H2,1H3. The number of hydrogen-bond acceptors (Lipinski definition) is 1.